The molecule has 0 saturated carbocycles. The third-order valence-electron chi connectivity index (χ3n) is 3.69. The molecule has 0 saturated heterocycles. The molecule has 3 rings (SSSR count). The molecule has 1 aliphatic heterocycles. The largest absolute Gasteiger partial charge is 0.501 e. The molecule has 20 heavy (non-hydrogen) atoms. The van der Waals surface area contributed by atoms with E-state index in [2.05, 4.69) is 22.5 Å². The lowest BCUT2D eigenvalue weighted by Gasteiger charge is -2.24. The van der Waals surface area contributed by atoms with E-state index < -0.39 is 0 Å². The number of hydrogen-bond donors (Lipinski definition) is 2. The third kappa shape index (κ3) is 2.40. The number of benzene rings is 1. The van der Waals surface area contributed by atoms with Crippen molar-refractivity contribution < 1.29 is 4.74 Å². The van der Waals surface area contributed by atoms with Gasteiger partial charge in [-0.2, -0.15) is 0 Å². The summed E-state index contributed by atoms with van der Waals surface area (Å²) in [5.41, 5.74) is 7.28. The molecule has 1 unspecified atom stereocenters. The summed E-state index contributed by atoms with van der Waals surface area (Å²) in [6.45, 7) is 2.80. The number of nitrogens with one attached hydrogen (secondary N) is 1. The van der Waals surface area contributed by atoms with Crippen molar-refractivity contribution in [2.45, 2.75) is 25.8 Å². The fourth-order valence-electron chi connectivity index (χ4n) is 2.77. The van der Waals surface area contributed by atoms with Crippen LogP contribution in [0.1, 0.15) is 30.1 Å². The maximum absolute atomic E-state index is 5.81. The first-order chi connectivity index (χ1) is 9.79. The Bertz CT molecular complexity index is 651. The summed E-state index contributed by atoms with van der Waals surface area (Å²) in [6, 6.07) is 10.2. The van der Waals surface area contributed by atoms with E-state index in [1.807, 2.05) is 31.4 Å². The minimum absolute atomic E-state index is 0.0260. The molecule has 0 radical (unpaired) electrons. The van der Waals surface area contributed by atoms with E-state index in [9.17, 15) is 0 Å². The number of fused-ring (bicyclic) bond motifs is 1. The predicted molar refractivity (Wildman–Crippen MR) is 79.8 cm³/mol. The van der Waals surface area contributed by atoms with Crippen LogP contribution in [0.2, 0.25) is 0 Å². The van der Waals surface area contributed by atoms with Gasteiger partial charge < -0.3 is 4.74 Å². The predicted octanol–water partition coefficient (Wildman–Crippen LogP) is 2.74. The smallest absolute Gasteiger partial charge is 0.0876 e. The SMILES string of the molecule is Cc1cc(C(NN)C2=COCCC2)c2ccccc2n1. The molecule has 1 aromatic carbocycles. The summed E-state index contributed by atoms with van der Waals surface area (Å²) in [6.07, 6.45) is 3.88. The van der Waals surface area contributed by atoms with Crippen molar-refractivity contribution >= 4 is 10.9 Å². The van der Waals surface area contributed by atoms with Gasteiger partial charge >= 0.3 is 0 Å². The zero-order valence-corrected chi connectivity index (χ0v) is 11.6. The van der Waals surface area contributed by atoms with Crippen LogP contribution in [-0.2, 0) is 4.74 Å². The average Bonchev–Trinajstić information content (AvgIpc) is 2.49. The minimum Gasteiger partial charge on any atom is -0.501 e. The Kier molecular flexibility index (Phi) is 3.67. The lowest BCUT2D eigenvalue weighted by Crippen LogP contribution is -2.30. The number of aryl methyl sites for hydroxylation is 1. The van der Waals surface area contributed by atoms with Crippen LogP contribution in [-0.4, -0.2) is 11.6 Å². The van der Waals surface area contributed by atoms with Crippen LogP contribution >= 0.6 is 0 Å². The molecule has 4 nitrogen and oxygen atoms in total. The van der Waals surface area contributed by atoms with Crippen LogP contribution < -0.4 is 11.3 Å². The van der Waals surface area contributed by atoms with E-state index in [1.54, 1.807) is 0 Å². The van der Waals surface area contributed by atoms with Crippen molar-refractivity contribution in [1.82, 2.24) is 10.4 Å². The van der Waals surface area contributed by atoms with Crippen LogP contribution in [0.5, 0.6) is 0 Å². The molecule has 1 atom stereocenters. The Morgan fingerprint density at radius 3 is 2.95 bits per heavy atom. The summed E-state index contributed by atoms with van der Waals surface area (Å²) in [5, 5.41) is 1.13. The second-order valence-electron chi connectivity index (χ2n) is 5.14. The second-order valence-corrected chi connectivity index (χ2v) is 5.14. The van der Waals surface area contributed by atoms with E-state index in [1.165, 1.54) is 5.57 Å². The number of aromatic nitrogens is 1. The highest BCUT2D eigenvalue weighted by atomic mass is 16.5. The third-order valence-corrected chi connectivity index (χ3v) is 3.69. The zero-order valence-electron chi connectivity index (χ0n) is 11.6. The summed E-state index contributed by atoms with van der Waals surface area (Å²) in [5.74, 6) is 5.81. The van der Waals surface area contributed by atoms with Gasteiger partial charge in [-0.3, -0.25) is 10.8 Å². The number of nitrogens with zero attached hydrogens (tertiary/aromatic N) is 1. The Morgan fingerprint density at radius 1 is 1.35 bits per heavy atom. The average molecular weight is 269 g/mol. The van der Waals surface area contributed by atoms with E-state index >= 15 is 0 Å². The topological polar surface area (TPSA) is 60.2 Å². The number of para-hydroxylation sites is 1. The molecular weight excluding hydrogens is 250 g/mol. The highest BCUT2D eigenvalue weighted by Gasteiger charge is 2.20. The first-order valence-electron chi connectivity index (χ1n) is 6.92. The van der Waals surface area contributed by atoms with Gasteiger partial charge in [-0.15, -0.1) is 0 Å². The van der Waals surface area contributed by atoms with Gasteiger partial charge in [0.25, 0.3) is 0 Å². The Balaban J connectivity index is 2.13. The molecule has 2 heterocycles. The summed E-state index contributed by atoms with van der Waals surface area (Å²) in [4.78, 5) is 4.58. The van der Waals surface area contributed by atoms with E-state index in [0.29, 0.717) is 0 Å². The number of hydrazine groups is 1. The van der Waals surface area contributed by atoms with Crippen LogP contribution in [0.25, 0.3) is 10.9 Å². The number of ether oxygens (including phenoxy) is 1. The molecule has 4 heteroatoms. The van der Waals surface area contributed by atoms with Crippen molar-refractivity contribution in [3.8, 4) is 0 Å². The molecule has 0 fully saturated rings. The van der Waals surface area contributed by atoms with Crippen molar-refractivity contribution in [2.75, 3.05) is 6.61 Å². The quantitative estimate of drug-likeness (QED) is 0.664. The second kappa shape index (κ2) is 5.61. The molecule has 1 aliphatic rings. The van der Waals surface area contributed by atoms with Gasteiger partial charge in [0, 0.05) is 11.1 Å². The zero-order chi connectivity index (χ0) is 13.9. The summed E-state index contributed by atoms with van der Waals surface area (Å²) >= 11 is 0. The van der Waals surface area contributed by atoms with Gasteiger partial charge in [-0.1, -0.05) is 18.2 Å². The van der Waals surface area contributed by atoms with Gasteiger partial charge in [0.1, 0.15) is 0 Å². The van der Waals surface area contributed by atoms with Crippen LogP contribution in [0.4, 0.5) is 0 Å². The van der Waals surface area contributed by atoms with Crippen molar-refractivity contribution in [3.63, 3.8) is 0 Å². The molecule has 104 valence electrons. The molecular formula is C16H19N3O. The maximum atomic E-state index is 5.81. The fourth-order valence-corrected chi connectivity index (χ4v) is 2.77. The fraction of sp³-hybridized carbons (Fsp3) is 0.312. The van der Waals surface area contributed by atoms with Gasteiger partial charge in [-0.25, -0.2) is 5.43 Å². The lowest BCUT2D eigenvalue weighted by molar-refractivity contribution is 0.219. The first-order valence-corrected chi connectivity index (χ1v) is 6.92. The normalized spacial score (nSPS) is 16.6. The molecule has 0 bridgehead atoms. The van der Waals surface area contributed by atoms with Crippen LogP contribution in [0, 0.1) is 6.92 Å². The molecule has 0 aliphatic carbocycles. The number of nitrogens with two attached hydrogens (primary N) is 1. The monoisotopic (exact) mass is 269 g/mol. The lowest BCUT2D eigenvalue weighted by atomic mass is 9.93. The van der Waals surface area contributed by atoms with Gasteiger partial charge in [0.15, 0.2) is 0 Å². The van der Waals surface area contributed by atoms with Crippen molar-refractivity contribution in [1.29, 1.82) is 0 Å². The molecule has 0 spiro atoms. The summed E-state index contributed by atoms with van der Waals surface area (Å²) < 4.78 is 5.46. The van der Waals surface area contributed by atoms with Gasteiger partial charge in [0.2, 0.25) is 0 Å². The summed E-state index contributed by atoms with van der Waals surface area (Å²) in [7, 11) is 0. The van der Waals surface area contributed by atoms with Gasteiger partial charge in [0.05, 0.1) is 24.4 Å². The minimum atomic E-state index is -0.0260. The molecule has 0 amide bonds. The van der Waals surface area contributed by atoms with Gasteiger partial charge in [-0.05, 0) is 43.0 Å². The highest BCUT2D eigenvalue weighted by molar-refractivity contribution is 5.83. The van der Waals surface area contributed by atoms with Crippen molar-refractivity contribution in [3.05, 3.63) is 53.4 Å². The standard InChI is InChI=1S/C16H19N3O/c1-11-9-14(13-6-2-3-7-15(13)18-11)16(19-17)12-5-4-8-20-10-12/h2-3,6-7,9-10,16,19H,4-5,8,17H2,1H3. The molecule has 3 N–H and O–H groups in total. The van der Waals surface area contributed by atoms with E-state index in [-0.39, 0.29) is 6.04 Å². The Labute approximate surface area is 118 Å². The molecule has 1 aromatic heterocycles. The number of pyridine rings is 1. The highest BCUT2D eigenvalue weighted by Crippen LogP contribution is 2.31. The van der Waals surface area contributed by atoms with Crippen LogP contribution in [0.3, 0.4) is 0 Å². The maximum Gasteiger partial charge on any atom is 0.0876 e. The van der Waals surface area contributed by atoms with Crippen LogP contribution in [0.15, 0.2) is 42.2 Å². The Hall–Kier alpha value is -1.91. The number of rotatable bonds is 3. The molecule has 2 aromatic rings. The Morgan fingerprint density at radius 2 is 2.20 bits per heavy atom. The number of hydrogen-bond acceptors (Lipinski definition) is 4. The van der Waals surface area contributed by atoms with E-state index in [0.717, 1.165) is 41.6 Å². The van der Waals surface area contributed by atoms with Crippen molar-refractivity contribution in [2.24, 2.45) is 5.84 Å². The van der Waals surface area contributed by atoms with E-state index in [4.69, 9.17) is 10.6 Å². The first kappa shape index (κ1) is 13.1.